The van der Waals surface area contributed by atoms with Gasteiger partial charge in [-0.1, -0.05) is 36.4 Å². The van der Waals surface area contributed by atoms with Gasteiger partial charge in [0.2, 0.25) is 5.88 Å². The first-order valence-corrected chi connectivity index (χ1v) is 9.04. The summed E-state index contributed by atoms with van der Waals surface area (Å²) in [5.41, 5.74) is 3.45. The Morgan fingerprint density at radius 3 is 3.00 bits per heavy atom. The number of carbonyl (C=O) groups excluding carboxylic acids is 1. The first-order valence-electron chi connectivity index (χ1n) is 9.04. The fourth-order valence-corrected chi connectivity index (χ4v) is 3.81. The quantitative estimate of drug-likeness (QED) is 0.826. The van der Waals surface area contributed by atoms with Gasteiger partial charge in [0.1, 0.15) is 0 Å². The number of ether oxygens (including phenoxy) is 2. The molecule has 2 aliphatic rings. The van der Waals surface area contributed by atoms with Gasteiger partial charge in [-0.15, -0.1) is 0 Å². The molecule has 2 atom stereocenters. The maximum atomic E-state index is 10.6. The number of nitrogens with zero attached hydrogens (tertiary/aromatic N) is 2. The lowest BCUT2D eigenvalue weighted by molar-refractivity contribution is -0.120. The van der Waals surface area contributed by atoms with Crippen LogP contribution in [-0.4, -0.2) is 48.7 Å². The lowest BCUT2D eigenvalue weighted by atomic mass is 9.99. The molecule has 1 aromatic heterocycles. The molecule has 1 fully saturated rings. The number of fused-ring (bicyclic) bond motifs is 1. The number of carbonyl (C=O) groups is 1. The zero-order valence-electron chi connectivity index (χ0n) is 14.6. The molecular formula is C20H23N3O3. The zero-order valence-corrected chi connectivity index (χ0v) is 14.6. The van der Waals surface area contributed by atoms with E-state index in [0.29, 0.717) is 19.0 Å². The number of aromatic nitrogens is 1. The third kappa shape index (κ3) is 3.77. The van der Waals surface area contributed by atoms with Gasteiger partial charge >= 0.3 is 0 Å². The van der Waals surface area contributed by atoms with Crippen molar-refractivity contribution in [3.05, 3.63) is 59.3 Å². The van der Waals surface area contributed by atoms with Crippen LogP contribution in [0.15, 0.2) is 42.5 Å². The molecule has 0 aliphatic carbocycles. The van der Waals surface area contributed by atoms with Crippen molar-refractivity contribution in [1.82, 2.24) is 15.2 Å². The predicted molar refractivity (Wildman–Crippen MR) is 96.8 cm³/mol. The third-order valence-electron chi connectivity index (χ3n) is 5.04. The van der Waals surface area contributed by atoms with Crippen LogP contribution in [-0.2, 0) is 22.5 Å². The Morgan fingerprint density at radius 2 is 2.15 bits per heavy atom. The highest BCUT2D eigenvalue weighted by atomic mass is 16.5. The van der Waals surface area contributed by atoms with Crippen molar-refractivity contribution in [2.75, 3.05) is 26.2 Å². The van der Waals surface area contributed by atoms with Crippen molar-refractivity contribution in [1.29, 1.82) is 0 Å². The lowest BCUT2D eigenvalue weighted by Gasteiger charge is -2.40. The van der Waals surface area contributed by atoms with Gasteiger partial charge in [0.25, 0.3) is 6.47 Å². The van der Waals surface area contributed by atoms with Crippen LogP contribution in [0.25, 0.3) is 0 Å². The minimum Gasteiger partial charge on any atom is -0.410 e. The number of pyridine rings is 1. The summed E-state index contributed by atoms with van der Waals surface area (Å²) >= 11 is 0. The summed E-state index contributed by atoms with van der Waals surface area (Å²) in [5.74, 6) is 0.361. The van der Waals surface area contributed by atoms with Crippen LogP contribution < -0.4 is 10.1 Å². The predicted octanol–water partition coefficient (Wildman–Crippen LogP) is 1.70. The minimum absolute atomic E-state index is 0.163. The SMILES string of the molecule is O=COc1ccc2c(n1)C(N1CCOC(Cc3ccccc3)C1)CNC2. The molecule has 0 saturated carbocycles. The van der Waals surface area contributed by atoms with Crippen molar-refractivity contribution in [3.63, 3.8) is 0 Å². The van der Waals surface area contributed by atoms with E-state index in [1.54, 1.807) is 6.07 Å². The van der Waals surface area contributed by atoms with Crippen LogP contribution in [0.3, 0.4) is 0 Å². The molecule has 26 heavy (non-hydrogen) atoms. The minimum atomic E-state index is 0.163. The molecule has 2 unspecified atom stereocenters. The molecule has 1 N–H and O–H groups in total. The summed E-state index contributed by atoms with van der Waals surface area (Å²) in [6, 6.07) is 14.3. The molecule has 0 amide bonds. The Balaban J connectivity index is 1.50. The second-order valence-corrected chi connectivity index (χ2v) is 6.73. The molecule has 1 aromatic carbocycles. The molecule has 0 spiro atoms. The summed E-state index contributed by atoms with van der Waals surface area (Å²) in [5, 5.41) is 3.47. The maximum absolute atomic E-state index is 10.6. The molecule has 2 aromatic rings. The smallest absolute Gasteiger partial charge is 0.299 e. The molecule has 4 rings (SSSR count). The summed E-state index contributed by atoms with van der Waals surface area (Å²) in [7, 11) is 0. The normalized spacial score (nSPS) is 23.2. The average molecular weight is 353 g/mol. The number of morpholine rings is 1. The third-order valence-corrected chi connectivity index (χ3v) is 5.04. The highest BCUT2D eigenvalue weighted by Gasteiger charge is 2.31. The second kappa shape index (κ2) is 7.95. The van der Waals surface area contributed by atoms with Gasteiger partial charge in [-0.2, -0.15) is 0 Å². The van der Waals surface area contributed by atoms with Gasteiger partial charge in [0.15, 0.2) is 0 Å². The van der Waals surface area contributed by atoms with Crippen molar-refractivity contribution < 1.29 is 14.3 Å². The van der Waals surface area contributed by atoms with E-state index in [1.807, 2.05) is 12.1 Å². The molecule has 6 heteroatoms. The van der Waals surface area contributed by atoms with E-state index < -0.39 is 0 Å². The van der Waals surface area contributed by atoms with Crippen molar-refractivity contribution in [3.8, 4) is 5.88 Å². The van der Waals surface area contributed by atoms with E-state index in [1.165, 1.54) is 5.56 Å². The van der Waals surface area contributed by atoms with Crippen LogP contribution in [0.5, 0.6) is 5.88 Å². The van der Waals surface area contributed by atoms with Crippen LogP contribution in [0, 0.1) is 0 Å². The first kappa shape index (κ1) is 17.1. The largest absolute Gasteiger partial charge is 0.410 e. The Morgan fingerprint density at radius 1 is 1.27 bits per heavy atom. The fourth-order valence-electron chi connectivity index (χ4n) is 3.81. The zero-order chi connectivity index (χ0) is 17.8. The molecule has 1 saturated heterocycles. The van der Waals surface area contributed by atoms with E-state index in [0.717, 1.165) is 43.9 Å². The molecule has 6 nitrogen and oxygen atoms in total. The first-order chi connectivity index (χ1) is 12.8. The van der Waals surface area contributed by atoms with Crippen molar-refractivity contribution in [2.45, 2.75) is 25.1 Å². The number of benzene rings is 1. The standard InChI is InChI=1S/C20H23N3O3/c24-14-26-19-7-6-16-11-21-12-18(20(16)22-19)23-8-9-25-17(13-23)10-15-4-2-1-3-5-15/h1-7,14,17-18,21H,8-13H2. The van der Waals surface area contributed by atoms with Crippen molar-refractivity contribution >= 4 is 6.47 Å². The summed E-state index contributed by atoms with van der Waals surface area (Å²) < 4.78 is 11.0. The Hall–Kier alpha value is -2.28. The van der Waals surface area contributed by atoms with E-state index in [4.69, 9.17) is 9.47 Å². The van der Waals surface area contributed by atoms with Gasteiger partial charge in [-0.3, -0.25) is 9.69 Å². The van der Waals surface area contributed by atoms with Crippen LogP contribution in [0.1, 0.15) is 22.9 Å². The van der Waals surface area contributed by atoms with Crippen LogP contribution in [0.2, 0.25) is 0 Å². The van der Waals surface area contributed by atoms with Crippen molar-refractivity contribution in [2.24, 2.45) is 0 Å². The topological polar surface area (TPSA) is 63.7 Å². The van der Waals surface area contributed by atoms with Gasteiger partial charge in [0.05, 0.1) is 24.4 Å². The van der Waals surface area contributed by atoms with E-state index in [2.05, 4.69) is 39.5 Å². The average Bonchev–Trinajstić information content (AvgIpc) is 2.69. The molecular weight excluding hydrogens is 330 g/mol. The Labute approximate surface area is 153 Å². The van der Waals surface area contributed by atoms with Gasteiger partial charge in [-0.05, 0) is 17.5 Å². The molecule has 3 heterocycles. The summed E-state index contributed by atoms with van der Waals surface area (Å²) in [4.78, 5) is 17.7. The van der Waals surface area contributed by atoms with Gasteiger partial charge < -0.3 is 14.8 Å². The Kier molecular flexibility index (Phi) is 5.24. The number of hydrogen-bond donors (Lipinski definition) is 1. The number of rotatable bonds is 5. The van der Waals surface area contributed by atoms with Gasteiger partial charge in [-0.25, -0.2) is 4.98 Å². The lowest BCUT2D eigenvalue weighted by Crippen LogP contribution is -2.49. The monoisotopic (exact) mass is 353 g/mol. The highest BCUT2D eigenvalue weighted by Crippen LogP contribution is 2.29. The summed E-state index contributed by atoms with van der Waals surface area (Å²) in [6.07, 6.45) is 1.08. The van der Waals surface area contributed by atoms with Crippen LogP contribution >= 0.6 is 0 Å². The molecule has 136 valence electrons. The second-order valence-electron chi connectivity index (χ2n) is 6.73. The van der Waals surface area contributed by atoms with Crippen LogP contribution in [0.4, 0.5) is 0 Å². The Bertz CT molecular complexity index is 753. The highest BCUT2D eigenvalue weighted by molar-refractivity contribution is 5.44. The van der Waals surface area contributed by atoms with E-state index in [9.17, 15) is 4.79 Å². The van der Waals surface area contributed by atoms with E-state index >= 15 is 0 Å². The fraction of sp³-hybridized carbons (Fsp3) is 0.400. The number of hydrogen-bond acceptors (Lipinski definition) is 6. The molecule has 2 aliphatic heterocycles. The summed E-state index contributed by atoms with van der Waals surface area (Å²) in [6.45, 7) is 4.50. The molecule has 0 radical (unpaired) electrons. The molecule has 0 bridgehead atoms. The van der Waals surface area contributed by atoms with Gasteiger partial charge in [0, 0.05) is 32.2 Å². The number of nitrogens with one attached hydrogen (secondary N) is 1. The maximum Gasteiger partial charge on any atom is 0.299 e. The van der Waals surface area contributed by atoms with E-state index in [-0.39, 0.29) is 12.1 Å².